The fourth-order valence-corrected chi connectivity index (χ4v) is 4.04. The molecule has 1 heterocycles. The number of hydrogen-bond acceptors (Lipinski definition) is 3. The van der Waals surface area contributed by atoms with Crippen LogP contribution >= 0.6 is 26.6 Å². The molecule has 1 saturated heterocycles. The van der Waals surface area contributed by atoms with Crippen molar-refractivity contribution in [3.05, 3.63) is 28.2 Å². The zero-order valence-corrected chi connectivity index (χ0v) is 12.6. The number of carbonyl (C=O) groups excluding carboxylic acids is 1. The van der Waals surface area contributed by atoms with Gasteiger partial charge in [-0.05, 0) is 47.0 Å². The highest BCUT2D eigenvalue weighted by molar-refractivity contribution is 9.10. The first-order valence-corrected chi connectivity index (χ1v) is 8.53. The number of benzene rings is 1. The Bertz CT molecular complexity index is 582. The molecule has 0 unspecified atom stereocenters. The Morgan fingerprint density at radius 3 is 2.44 bits per heavy atom. The maximum atomic E-state index is 12.1. The van der Waals surface area contributed by atoms with Crippen molar-refractivity contribution in [2.45, 2.75) is 17.7 Å². The van der Waals surface area contributed by atoms with Crippen molar-refractivity contribution in [1.82, 2.24) is 4.90 Å². The van der Waals surface area contributed by atoms with Crippen LogP contribution in [-0.4, -0.2) is 32.3 Å². The second-order valence-corrected chi connectivity index (χ2v) is 7.47. The predicted octanol–water partition coefficient (Wildman–Crippen LogP) is 2.61. The lowest BCUT2D eigenvalue weighted by Crippen LogP contribution is -2.27. The largest absolute Gasteiger partial charge is 0.339 e. The highest BCUT2D eigenvalue weighted by Gasteiger charge is 2.22. The smallest absolute Gasteiger partial charge is 0.262 e. The molecule has 4 nitrogen and oxygen atoms in total. The van der Waals surface area contributed by atoms with E-state index >= 15 is 0 Å². The van der Waals surface area contributed by atoms with Crippen LogP contribution in [0.1, 0.15) is 23.2 Å². The fraction of sp³-hybridized carbons (Fsp3) is 0.364. The van der Waals surface area contributed by atoms with Crippen molar-refractivity contribution >= 4 is 41.6 Å². The lowest BCUT2D eigenvalue weighted by Gasteiger charge is -2.15. The van der Waals surface area contributed by atoms with Crippen molar-refractivity contribution in [2.24, 2.45) is 0 Å². The summed E-state index contributed by atoms with van der Waals surface area (Å²) in [5, 5.41) is 0. The fourth-order valence-electron chi connectivity index (χ4n) is 1.93. The number of carbonyl (C=O) groups is 1. The number of nitrogens with zero attached hydrogens (tertiary/aromatic N) is 1. The summed E-state index contributed by atoms with van der Waals surface area (Å²) in [4.78, 5) is 13.8. The van der Waals surface area contributed by atoms with E-state index < -0.39 is 9.05 Å². The van der Waals surface area contributed by atoms with E-state index in [1.165, 1.54) is 12.1 Å². The van der Waals surface area contributed by atoms with E-state index in [0.29, 0.717) is 10.0 Å². The predicted molar refractivity (Wildman–Crippen MR) is 72.3 cm³/mol. The zero-order valence-electron chi connectivity index (χ0n) is 9.40. The molecule has 1 aromatic rings. The summed E-state index contributed by atoms with van der Waals surface area (Å²) in [6, 6.07) is 4.43. The number of hydrogen-bond donors (Lipinski definition) is 0. The van der Waals surface area contributed by atoms with Crippen LogP contribution < -0.4 is 0 Å². The minimum atomic E-state index is -3.86. The minimum absolute atomic E-state index is 0.0748. The van der Waals surface area contributed by atoms with Gasteiger partial charge >= 0.3 is 0 Å². The molecular formula is C11H11BrClNO3S. The van der Waals surface area contributed by atoms with Gasteiger partial charge in [0.05, 0.1) is 4.90 Å². The highest BCUT2D eigenvalue weighted by Crippen LogP contribution is 2.27. The standard InChI is InChI=1S/C11H11BrClNO3S/c12-9-4-3-8(7-10(9)18(13,16)17)11(15)14-5-1-2-6-14/h3-4,7H,1-2,5-6H2. The Morgan fingerprint density at radius 1 is 1.28 bits per heavy atom. The molecular weight excluding hydrogens is 342 g/mol. The van der Waals surface area contributed by atoms with E-state index in [2.05, 4.69) is 15.9 Å². The van der Waals surface area contributed by atoms with Crippen molar-refractivity contribution < 1.29 is 13.2 Å². The molecule has 0 spiro atoms. The second kappa shape index (κ2) is 5.19. The summed E-state index contributed by atoms with van der Waals surface area (Å²) < 4.78 is 23.1. The van der Waals surface area contributed by atoms with Gasteiger partial charge in [0.2, 0.25) is 0 Å². The maximum absolute atomic E-state index is 12.1. The summed E-state index contributed by atoms with van der Waals surface area (Å²) in [6.45, 7) is 1.44. The summed E-state index contributed by atoms with van der Waals surface area (Å²) in [6.07, 6.45) is 1.98. The van der Waals surface area contributed by atoms with Crippen LogP contribution in [0.3, 0.4) is 0 Å². The van der Waals surface area contributed by atoms with E-state index in [-0.39, 0.29) is 10.8 Å². The molecule has 98 valence electrons. The van der Waals surface area contributed by atoms with Gasteiger partial charge in [-0.25, -0.2) is 8.42 Å². The molecule has 0 bridgehead atoms. The molecule has 0 N–H and O–H groups in total. The SMILES string of the molecule is O=C(c1ccc(Br)c(S(=O)(=O)Cl)c1)N1CCCC1. The third kappa shape index (κ3) is 2.87. The van der Waals surface area contributed by atoms with Crippen LogP contribution in [-0.2, 0) is 9.05 Å². The molecule has 1 fully saturated rings. The minimum Gasteiger partial charge on any atom is -0.339 e. The molecule has 0 radical (unpaired) electrons. The lowest BCUT2D eigenvalue weighted by molar-refractivity contribution is 0.0792. The van der Waals surface area contributed by atoms with Gasteiger partial charge < -0.3 is 4.90 Å². The summed E-state index contributed by atoms with van der Waals surface area (Å²) >= 11 is 3.11. The van der Waals surface area contributed by atoms with Crippen LogP contribution in [0, 0.1) is 0 Å². The van der Waals surface area contributed by atoms with E-state index in [4.69, 9.17) is 10.7 Å². The van der Waals surface area contributed by atoms with E-state index in [0.717, 1.165) is 25.9 Å². The van der Waals surface area contributed by atoms with Gasteiger partial charge in [0, 0.05) is 33.8 Å². The van der Waals surface area contributed by atoms with E-state index in [1.807, 2.05) is 0 Å². The Kier molecular flexibility index (Phi) is 3.99. The third-order valence-electron chi connectivity index (χ3n) is 2.83. The van der Waals surface area contributed by atoms with Crippen LogP contribution in [0.4, 0.5) is 0 Å². The average Bonchev–Trinajstić information content (AvgIpc) is 2.80. The van der Waals surface area contributed by atoms with Crippen molar-refractivity contribution in [3.8, 4) is 0 Å². The third-order valence-corrected chi connectivity index (χ3v) is 5.15. The molecule has 2 rings (SSSR count). The summed E-state index contributed by atoms with van der Waals surface area (Å²) in [5.74, 6) is -0.151. The Morgan fingerprint density at radius 2 is 1.89 bits per heavy atom. The Balaban J connectivity index is 2.38. The molecule has 1 aromatic carbocycles. The highest BCUT2D eigenvalue weighted by atomic mass is 79.9. The van der Waals surface area contributed by atoms with Gasteiger partial charge in [-0.15, -0.1) is 0 Å². The quantitative estimate of drug-likeness (QED) is 0.769. The van der Waals surface area contributed by atoms with Crippen molar-refractivity contribution in [3.63, 3.8) is 0 Å². The van der Waals surface area contributed by atoms with Crippen LogP contribution in [0.25, 0.3) is 0 Å². The molecule has 1 aliphatic heterocycles. The first-order valence-electron chi connectivity index (χ1n) is 5.43. The van der Waals surface area contributed by atoms with Gasteiger partial charge in [-0.2, -0.15) is 0 Å². The normalized spacial score (nSPS) is 16.0. The van der Waals surface area contributed by atoms with Gasteiger partial charge in [-0.1, -0.05) is 0 Å². The van der Waals surface area contributed by atoms with Crippen molar-refractivity contribution in [1.29, 1.82) is 0 Å². The molecule has 1 aliphatic rings. The Hall–Kier alpha value is -0.590. The zero-order chi connectivity index (χ0) is 13.3. The average molecular weight is 353 g/mol. The van der Waals surface area contributed by atoms with E-state index in [1.54, 1.807) is 11.0 Å². The van der Waals surface area contributed by atoms with Gasteiger partial charge in [0.25, 0.3) is 15.0 Å². The first-order chi connectivity index (χ1) is 8.39. The molecule has 7 heteroatoms. The summed E-state index contributed by atoms with van der Waals surface area (Å²) in [5.41, 5.74) is 0.347. The number of amides is 1. The van der Waals surface area contributed by atoms with E-state index in [9.17, 15) is 13.2 Å². The molecule has 0 saturated carbocycles. The van der Waals surface area contributed by atoms with Crippen LogP contribution in [0.2, 0.25) is 0 Å². The van der Waals surface area contributed by atoms with Crippen LogP contribution in [0.5, 0.6) is 0 Å². The number of likely N-dealkylation sites (tertiary alicyclic amines) is 1. The topological polar surface area (TPSA) is 54.5 Å². The van der Waals surface area contributed by atoms with Crippen LogP contribution in [0.15, 0.2) is 27.6 Å². The Labute approximate surface area is 118 Å². The molecule has 0 aromatic heterocycles. The molecule has 0 aliphatic carbocycles. The second-order valence-electron chi connectivity index (χ2n) is 4.08. The van der Waals surface area contributed by atoms with Gasteiger partial charge in [0.15, 0.2) is 0 Å². The summed E-state index contributed by atoms with van der Waals surface area (Å²) in [7, 11) is 1.46. The monoisotopic (exact) mass is 351 g/mol. The van der Waals surface area contributed by atoms with Gasteiger partial charge in [0.1, 0.15) is 0 Å². The number of halogens is 2. The lowest BCUT2D eigenvalue weighted by atomic mass is 10.2. The molecule has 0 atom stereocenters. The first kappa shape index (κ1) is 13.8. The van der Waals surface area contributed by atoms with Crippen molar-refractivity contribution in [2.75, 3.05) is 13.1 Å². The molecule has 1 amide bonds. The maximum Gasteiger partial charge on any atom is 0.262 e. The van der Waals surface area contributed by atoms with Gasteiger partial charge in [-0.3, -0.25) is 4.79 Å². The molecule has 18 heavy (non-hydrogen) atoms. The number of rotatable bonds is 2.